The van der Waals surface area contributed by atoms with Crippen LogP contribution in [0.15, 0.2) is 71.9 Å². The van der Waals surface area contributed by atoms with E-state index in [0.717, 1.165) is 62.5 Å². The molecule has 0 spiro atoms. The number of allylic oxidation sites excluding steroid dienone is 1. The second-order valence-electron chi connectivity index (χ2n) is 16.7. The molecule has 2 aliphatic heterocycles. The van der Waals surface area contributed by atoms with Gasteiger partial charge in [-0.15, -0.1) is 6.58 Å². The molecule has 15 nitrogen and oxygen atoms in total. The second-order valence-corrected chi connectivity index (χ2v) is 16.7. The minimum atomic E-state index is -1.44. The van der Waals surface area contributed by atoms with E-state index < -0.39 is 29.0 Å². The van der Waals surface area contributed by atoms with E-state index in [1.807, 2.05) is 17.0 Å². The van der Waals surface area contributed by atoms with Crippen molar-refractivity contribution in [1.82, 2.24) is 4.90 Å². The SMILES string of the molecule is C=CCOC12Oc3ccc(Oc4cccc([N+](=O)[O-])c4)cc3C3C(CCCCO)C(CCCCO)C=C(C(=NOC4CCCCO4)CC1N(CCOCCO)C(=O)C1CC1)C32. The molecule has 0 radical (unpaired) electrons. The molecule has 5 aliphatic rings. The Bertz CT molecular complexity index is 1880. The molecular weight excluding hydrogens is 787 g/mol. The molecule has 7 atom stereocenters. The van der Waals surface area contributed by atoms with Crippen LogP contribution in [0.2, 0.25) is 0 Å². The maximum absolute atomic E-state index is 14.6. The fourth-order valence-corrected chi connectivity index (χ4v) is 9.74. The Morgan fingerprint density at radius 1 is 1.00 bits per heavy atom. The van der Waals surface area contributed by atoms with Crippen molar-refractivity contribution in [2.24, 2.45) is 28.8 Å². The molecule has 2 aromatic rings. The van der Waals surface area contributed by atoms with Crippen molar-refractivity contribution >= 4 is 17.3 Å². The van der Waals surface area contributed by atoms with Gasteiger partial charge in [0.1, 0.15) is 23.3 Å². The van der Waals surface area contributed by atoms with Gasteiger partial charge in [-0.3, -0.25) is 14.9 Å². The van der Waals surface area contributed by atoms with E-state index in [0.29, 0.717) is 48.8 Å². The van der Waals surface area contributed by atoms with Crippen molar-refractivity contribution in [1.29, 1.82) is 0 Å². The molecule has 7 unspecified atom stereocenters. The molecule has 3 N–H and O–H groups in total. The van der Waals surface area contributed by atoms with E-state index in [1.54, 1.807) is 24.3 Å². The number of hydrogen-bond donors (Lipinski definition) is 3. The molecule has 15 heteroatoms. The normalized spacial score (nSPS) is 27.3. The van der Waals surface area contributed by atoms with Crippen LogP contribution >= 0.6 is 0 Å². The van der Waals surface area contributed by atoms with Crippen molar-refractivity contribution in [2.45, 2.75) is 101 Å². The third-order valence-electron chi connectivity index (χ3n) is 12.6. The first-order chi connectivity index (χ1) is 29.8. The Kier molecular flexibility index (Phi) is 15.5. The fourth-order valence-electron chi connectivity index (χ4n) is 9.74. The highest BCUT2D eigenvalue weighted by molar-refractivity contribution is 6.03. The Balaban J connectivity index is 1.42. The molecule has 2 saturated carbocycles. The van der Waals surface area contributed by atoms with Crippen molar-refractivity contribution in [3.63, 3.8) is 0 Å². The molecule has 0 aromatic heterocycles. The number of ether oxygens (including phenoxy) is 5. The zero-order valence-corrected chi connectivity index (χ0v) is 34.9. The lowest BCUT2D eigenvalue weighted by atomic mass is 9.55. The number of aliphatic hydroxyl groups is 3. The zero-order valence-electron chi connectivity index (χ0n) is 34.9. The molecule has 3 fully saturated rings. The summed E-state index contributed by atoms with van der Waals surface area (Å²) in [4.78, 5) is 33.8. The van der Waals surface area contributed by atoms with Crippen LogP contribution in [0.25, 0.3) is 0 Å². The number of rotatable bonds is 23. The monoisotopic (exact) mass is 847 g/mol. The fraction of sp³-hybridized carbons (Fsp3) is 0.609. The van der Waals surface area contributed by atoms with Crippen LogP contribution in [0.5, 0.6) is 17.2 Å². The van der Waals surface area contributed by atoms with Gasteiger partial charge in [-0.25, -0.2) is 0 Å². The molecule has 1 saturated heterocycles. The number of hydrogen-bond acceptors (Lipinski definition) is 13. The van der Waals surface area contributed by atoms with Gasteiger partial charge in [-0.2, -0.15) is 0 Å². The van der Waals surface area contributed by atoms with Gasteiger partial charge >= 0.3 is 0 Å². The molecule has 332 valence electrons. The topological polar surface area (TPSA) is 192 Å². The predicted octanol–water partition coefficient (Wildman–Crippen LogP) is 6.79. The van der Waals surface area contributed by atoms with E-state index in [2.05, 4.69) is 12.7 Å². The third-order valence-corrected chi connectivity index (χ3v) is 12.6. The molecular formula is C46H61N3O12. The highest BCUT2D eigenvalue weighted by Gasteiger charge is 2.66. The van der Waals surface area contributed by atoms with Crippen molar-refractivity contribution in [3.8, 4) is 17.2 Å². The van der Waals surface area contributed by atoms with E-state index in [4.69, 9.17) is 33.7 Å². The number of oxime groups is 1. The van der Waals surface area contributed by atoms with Gasteiger partial charge in [0.2, 0.25) is 18.0 Å². The minimum Gasteiger partial charge on any atom is -0.459 e. The summed E-state index contributed by atoms with van der Waals surface area (Å²) in [6.45, 7) is 5.25. The Hall–Kier alpha value is -4.38. The number of benzene rings is 2. The third kappa shape index (κ3) is 10.3. The summed E-state index contributed by atoms with van der Waals surface area (Å²) in [5.41, 5.74) is 2.35. The average Bonchev–Trinajstić information content (AvgIpc) is 4.13. The van der Waals surface area contributed by atoms with Gasteiger partial charge in [-0.05, 0) is 93.0 Å². The van der Waals surface area contributed by atoms with Crippen LogP contribution in [-0.4, -0.2) is 108 Å². The predicted molar refractivity (Wildman–Crippen MR) is 225 cm³/mol. The maximum atomic E-state index is 14.6. The number of non-ortho nitro benzene ring substituents is 1. The standard InChI is InChI=1S/C46H61N3O12/c1-2-23-58-46-41(48(19-25-56-26-22-52)45(53)31-15-16-31)30-39(47-61-42-14-5-8-24-57-42)37-27-32(10-3-6-20-50)36(13-4-7-21-51)43(44(37)46)38-29-35(17-18-40(38)60-46)59-34-12-9-11-33(28-34)49(54)55/h2,9,11-12,17-18,27-29,31-32,36,41-44,50-52H,1,3-8,10,13-16,19-26,30H2. The number of aliphatic hydroxyl groups excluding tert-OH is 3. The maximum Gasteiger partial charge on any atom is 0.273 e. The van der Waals surface area contributed by atoms with Gasteiger partial charge in [-0.1, -0.05) is 36.2 Å². The highest BCUT2D eigenvalue weighted by atomic mass is 16.8. The molecule has 3 aliphatic carbocycles. The molecule has 61 heavy (non-hydrogen) atoms. The van der Waals surface area contributed by atoms with E-state index in [1.165, 1.54) is 12.1 Å². The number of amides is 1. The molecule has 0 bridgehead atoms. The summed E-state index contributed by atoms with van der Waals surface area (Å²) in [7, 11) is 0. The number of fused-ring (bicyclic) bond motifs is 2. The summed E-state index contributed by atoms with van der Waals surface area (Å²) < 4.78 is 32.5. The summed E-state index contributed by atoms with van der Waals surface area (Å²) in [6, 6.07) is 10.9. The quantitative estimate of drug-likeness (QED) is 0.0460. The van der Waals surface area contributed by atoms with Gasteiger partial charge < -0.3 is 48.7 Å². The molecule has 2 heterocycles. The highest BCUT2D eigenvalue weighted by Crippen LogP contribution is 2.62. The Morgan fingerprint density at radius 2 is 1.80 bits per heavy atom. The lowest BCUT2D eigenvalue weighted by Crippen LogP contribution is -2.70. The van der Waals surface area contributed by atoms with Gasteiger partial charge in [0, 0.05) is 56.1 Å². The Morgan fingerprint density at radius 3 is 2.52 bits per heavy atom. The zero-order chi connectivity index (χ0) is 42.8. The van der Waals surface area contributed by atoms with E-state index in [-0.39, 0.29) is 87.9 Å². The average molecular weight is 848 g/mol. The first-order valence-corrected chi connectivity index (χ1v) is 22.1. The first-order valence-electron chi connectivity index (χ1n) is 22.1. The van der Waals surface area contributed by atoms with Crippen LogP contribution in [0, 0.1) is 33.8 Å². The summed E-state index contributed by atoms with van der Waals surface area (Å²) in [5.74, 6) is -1.07. The number of nitrogens with zero attached hydrogens (tertiary/aromatic N) is 3. The van der Waals surface area contributed by atoms with Crippen LogP contribution in [0.1, 0.15) is 88.5 Å². The van der Waals surface area contributed by atoms with Crippen molar-refractivity contribution in [3.05, 3.63) is 82.4 Å². The lowest BCUT2D eigenvalue weighted by Gasteiger charge is -2.60. The summed E-state index contributed by atoms with van der Waals surface area (Å²) >= 11 is 0. The number of nitro benzene ring substituents is 1. The number of nitro groups is 1. The smallest absolute Gasteiger partial charge is 0.273 e. The largest absolute Gasteiger partial charge is 0.459 e. The number of unbranched alkanes of at least 4 members (excludes halogenated alkanes) is 2. The second kappa shape index (κ2) is 21.1. The van der Waals surface area contributed by atoms with E-state index in [9.17, 15) is 30.2 Å². The van der Waals surface area contributed by atoms with Crippen molar-refractivity contribution in [2.75, 3.05) is 52.8 Å². The van der Waals surface area contributed by atoms with Gasteiger partial charge in [0.15, 0.2) is 0 Å². The lowest BCUT2D eigenvalue weighted by molar-refractivity contribution is -0.384. The van der Waals surface area contributed by atoms with Crippen LogP contribution in [0.4, 0.5) is 5.69 Å². The minimum absolute atomic E-state index is 0.00974. The Labute approximate surface area is 357 Å². The molecule has 7 rings (SSSR count). The molecule has 2 aromatic carbocycles. The van der Waals surface area contributed by atoms with Gasteiger partial charge in [0.05, 0.1) is 55.7 Å². The first kappa shape index (κ1) is 44.7. The van der Waals surface area contributed by atoms with E-state index >= 15 is 0 Å². The number of carbonyl (C=O) groups excluding carboxylic acids is 1. The number of carbonyl (C=O) groups is 1. The molecule has 1 amide bonds. The van der Waals surface area contributed by atoms with Crippen LogP contribution < -0.4 is 9.47 Å². The summed E-state index contributed by atoms with van der Waals surface area (Å²) in [6.07, 6.45) is 12.2. The van der Waals surface area contributed by atoms with Gasteiger partial charge in [0.25, 0.3) is 5.69 Å². The van der Waals surface area contributed by atoms with Crippen LogP contribution in [0.3, 0.4) is 0 Å². The van der Waals surface area contributed by atoms with Crippen LogP contribution in [-0.2, 0) is 23.8 Å². The summed E-state index contributed by atoms with van der Waals surface area (Å²) in [5, 5.41) is 45.9. The van der Waals surface area contributed by atoms with Crippen molar-refractivity contribution < 1.29 is 53.6 Å².